The Labute approximate surface area is 130 Å². The fourth-order valence-electron chi connectivity index (χ4n) is 2.52. The zero-order valence-electron chi connectivity index (χ0n) is 12.2. The molecule has 1 aliphatic rings. The average Bonchev–Trinajstić information content (AvgIpc) is 2.55. The van der Waals surface area contributed by atoms with Gasteiger partial charge in [-0.15, -0.1) is 0 Å². The molecular formula is C15H15F3N4O. The molecule has 1 saturated heterocycles. The molecule has 0 atom stereocenters. The van der Waals surface area contributed by atoms with Gasteiger partial charge in [0.1, 0.15) is 5.82 Å². The Hall–Kier alpha value is -2.35. The van der Waals surface area contributed by atoms with Crippen molar-refractivity contribution in [2.75, 3.05) is 31.1 Å². The molecular weight excluding hydrogens is 309 g/mol. The summed E-state index contributed by atoms with van der Waals surface area (Å²) < 4.78 is 41.2. The molecule has 1 fully saturated rings. The van der Waals surface area contributed by atoms with Crippen molar-refractivity contribution in [3.63, 3.8) is 0 Å². The summed E-state index contributed by atoms with van der Waals surface area (Å²) in [5, 5.41) is 3.17. The third-order valence-electron chi connectivity index (χ3n) is 3.74. The van der Waals surface area contributed by atoms with Gasteiger partial charge in [0.05, 0.1) is 6.54 Å². The monoisotopic (exact) mass is 324 g/mol. The van der Waals surface area contributed by atoms with Gasteiger partial charge in [0.25, 0.3) is 5.56 Å². The van der Waals surface area contributed by atoms with Crippen LogP contribution >= 0.6 is 0 Å². The molecule has 1 aromatic carbocycles. The van der Waals surface area contributed by atoms with Gasteiger partial charge < -0.3 is 14.8 Å². The van der Waals surface area contributed by atoms with Crippen LogP contribution in [0.2, 0.25) is 0 Å². The molecule has 8 heteroatoms. The summed E-state index contributed by atoms with van der Waals surface area (Å²) in [5.74, 6) is -3.02. The number of nitrogens with one attached hydrogen (secondary N) is 1. The lowest BCUT2D eigenvalue weighted by molar-refractivity contribution is 0.487. The second-order valence-corrected chi connectivity index (χ2v) is 5.28. The van der Waals surface area contributed by atoms with E-state index in [1.165, 1.54) is 17.0 Å². The highest BCUT2D eigenvalue weighted by atomic mass is 19.2. The van der Waals surface area contributed by atoms with E-state index in [4.69, 9.17) is 0 Å². The minimum Gasteiger partial charge on any atom is -0.349 e. The normalized spacial score (nSPS) is 15.0. The second kappa shape index (κ2) is 6.41. The molecule has 0 spiro atoms. The van der Waals surface area contributed by atoms with Crippen LogP contribution in [0.25, 0.3) is 0 Å². The van der Waals surface area contributed by atoms with E-state index in [1.807, 2.05) is 4.90 Å². The first-order chi connectivity index (χ1) is 11.1. The van der Waals surface area contributed by atoms with Gasteiger partial charge >= 0.3 is 0 Å². The van der Waals surface area contributed by atoms with Crippen LogP contribution in [0.3, 0.4) is 0 Å². The van der Waals surface area contributed by atoms with Crippen molar-refractivity contribution in [2.24, 2.45) is 0 Å². The van der Waals surface area contributed by atoms with Crippen LogP contribution in [0, 0.1) is 17.5 Å². The molecule has 1 aromatic heterocycles. The van der Waals surface area contributed by atoms with E-state index < -0.39 is 23.0 Å². The minimum absolute atomic E-state index is 0.0940. The number of rotatable bonds is 3. The van der Waals surface area contributed by atoms with Gasteiger partial charge in [-0.05, 0) is 6.07 Å². The first-order valence-electron chi connectivity index (χ1n) is 7.21. The highest BCUT2D eigenvalue weighted by Crippen LogP contribution is 2.15. The molecule has 5 nitrogen and oxygen atoms in total. The van der Waals surface area contributed by atoms with E-state index in [0.29, 0.717) is 19.2 Å². The Morgan fingerprint density at radius 3 is 2.52 bits per heavy atom. The van der Waals surface area contributed by atoms with Crippen LogP contribution < -0.4 is 15.8 Å². The van der Waals surface area contributed by atoms with Crippen LogP contribution in [0.15, 0.2) is 29.3 Å². The Morgan fingerprint density at radius 1 is 1.09 bits per heavy atom. The van der Waals surface area contributed by atoms with Crippen molar-refractivity contribution in [2.45, 2.75) is 6.54 Å². The lowest BCUT2D eigenvalue weighted by Gasteiger charge is -2.27. The first-order valence-corrected chi connectivity index (χ1v) is 7.21. The molecule has 0 unspecified atom stereocenters. The molecule has 1 aliphatic heterocycles. The summed E-state index contributed by atoms with van der Waals surface area (Å²) >= 11 is 0. The van der Waals surface area contributed by atoms with Gasteiger partial charge in [-0.3, -0.25) is 4.79 Å². The number of hydrogen-bond acceptors (Lipinski definition) is 4. The van der Waals surface area contributed by atoms with Gasteiger partial charge in [-0.1, -0.05) is 0 Å². The van der Waals surface area contributed by atoms with Crippen molar-refractivity contribution in [1.29, 1.82) is 0 Å². The molecule has 3 rings (SSSR count). The number of nitrogens with zero attached hydrogens (tertiary/aromatic N) is 3. The van der Waals surface area contributed by atoms with Crippen molar-refractivity contribution in [3.8, 4) is 0 Å². The summed E-state index contributed by atoms with van der Waals surface area (Å²) in [6.07, 6.45) is 2.84. The smallest absolute Gasteiger partial charge is 0.293 e. The van der Waals surface area contributed by atoms with E-state index in [2.05, 4.69) is 10.3 Å². The van der Waals surface area contributed by atoms with Crippen molar-refractivity contribution in [1.82, 2.24) is 14.9 Å². The lowest BCUT2D eigenvalue weighted by Crippen LogP contribution is -2.46. The molecule has 0 amide bonds. The number of halogens is 3. The quantitative estimate of drug-likeness (QED) is 0.860. The van der Waals surface area contributed by atoms with Crippen molar-refractivity contribution >= 4 is 5.82 Å². The maximum atomic E-state index is 13.7. The molecule has 1 N–H and O–H groups in total. The number of piperazine rings is 1. The van der Waals surface area contributed by atoms with E-state index in [9.17, 15) is 18.0 Å². The number of benzene rings is 1. The third-order valence-corrected chi connectivity index (χ3v) is 3.74. The molecule has 2 heterocycles. The van der Waals surface area contributed by atoms with Crippen molar-refractivity contribution in [3.05, 3.63) is 57.9 Å². The number of anilines is 1. The van der Waals surface area contributed by atoms with Crippen LogP contribution in [-0.2, 0) is 6.54 Å². The largest absolute Gasteiger partial charge is 0.349 e. The van der Waals surface area contributed by atoms with Crippen LogP contribution in [-0.4, -0.2) is 35.7 Å². The standard InChI is InChI=1S/C15H15F3N4O/c16-11-8-13(18)12(17)7-10(11)9-22-6-3-20-14(15(22)23)21-4-1-19-2-5-21/h3,6-8,19H,1-2,4-5,9H2. The Kier molecular flexibility index (Phi) is 4.33. The molecule has 122 valence electrons. The summed E-state index contributed by atoms with van der Waals surface area (Å²) in [7, 11) is 0. The van der Waals surface area contributed by atoms with Crippen molar-refractivity contribution < 1.29 is 13.2 Å². The number of hydrogen-bond donors (Lipinski definition) is 1. The topological polar surface area (TPSA) is 50.2 Å². The first kappa shape index (κ1) is 15.5. The predicted molar refractivity (Wildman–Crippen MR) is 79.0 cm³/mol. The third kappa shape index (κ3) is 3.21. The fraction of sp³-hybridized carbons (Fsp3) is 0.333. The zero-order valence-corrected chi connectivity index (χ0v) is 12.2. The van der Waals surface area contributed by atoms with Gasteiger partial charge in [-0.25, -0.2) is 18.2 Å². The fourth-order valence-corrected chi connectivity index (χ4v) is 2.52. The Morgan fingerprint density at radius 2 is 1.78 bits per heavy atom. The lowest BCUT2D eigenvalue weighted by atomic mass is 10.2. The highest BCUT2D eigenvalue weighted by molar-refractivity contribution is 5.36. The summed E-state index contributed by atoms with van der Waals surface area (Å²) in [6.45, 7) is 2.59. The second-order valence-electron chi connectivity index (χ2n) is 5.28. The maximum Gasteiger partial charge on any atom is 0.293 e. The SMILES string of the molecule is O=c1c(N2CCNCC2)nccn1Cc1cc(F)c(F)cc1F. The molecule has 0 aliphatic carbocycles. The Bertz CT molecular complexity index is 772. The average molecular weight is 324 g/mol. The summed E-state index contributed by atoms with van der Waals surface area (Å²) in [5.41, 5.74) is -0.484. The van der Waals surface area contributed by atoms with E-state index in [-0.39, 0.29) is 17.9 Å². The molecule has 23 heavy (non-hydrogen) atoms. The van der Waals surface area contributed by atoms with E-state index in [0.717, 1.165) is 19.2 Å². The van der Waals surface area contributed by atoms with Gasteiger partial charge in [0.2, 0.25) is 0 Å². The predicted octanol–water partition coefficient (Wildman–Crippen LogP) is 1.12. The van der Waals surface area contributed by atoms with E-state index >= 15 is 0 Å². The molecule has 0 bridgehead atoms. The highest BCUT2D eigenvalue weighted by Gasteiger charge is 2.17. The Balaban J connectivity index is 1.92. The maximum absolute atomic E-state index is 13.7. The van der Waals surface area contributed by atoms with Gasteiger partial charge in [-0.2, -0.15) is 0 Å². The van der Waals surface area contributed by atoms with Gasteiger partial charge in [0, 0.05) is 50.2 Å². The number of aromatic nitrogens is 2. The molecule has 2 aromatic rings. The van der Waals surface area contributed by atoms with Crippen LogP contribution in [0.5, 0.6) is 0 Å². The minimum atomic E-state index is -1.25. The van der Waals surface area contributed by atoms with Crippen LogP contribution in [0.1, 0.15) is 5.56 Å². The molecule has 0 saturated carbocycles. The van der Waals surface area contributed by atoms with Gasteiger partial charge in [0.15, 0.2) is 17.5 Å². The summed E-state index contributed by atoms with van der Waals surface area (Å²) in [6, 6.07) is 1.25. The van der Waals surface area contributed by atoms with E-state index in [1.54, 1.807) is 0 Å². The van der Waals surface area contributed by atoms with Crippen LogP contribution in [0.4, 0.5) is 19.0 Å². The zero-order chi connectivity index (χ0) is 16.4. The molecule has 0 radical (unpaired) electrons. The summed E-state index contributed by atoms with van der Waals surface area (Å²) in [4.78, 5) is 18.4.